The van der Waals surface area contributed by atoms with Crippen LogP contribution >= 0.6 is 0 Å². The SMILES string of the molecule is COc1ccc(N2C(=O)C(O)=C(C(=O)C(C)(C)C)C2c2ccccc2C)cc1. The van der Waals surface area contributed by atoms with Gasteiger partial charge in [-0.3, -0.25) is 14.5 Å². The maximum atomic E-state index is 13.2. The molecule has 2 aromatic carbocycles. The number of ketones is 1. The van der Waals surface area contributed by atoms with Crippen LogP contribution in [0.15, 0.2) is 59.9 Å². The van der Waals surface area contributed by atoms with Crippen LogP contribution in [0.25, 0.3) is 0 Å². The zero-order chi connectivity index (χ0) is 20.6. The van der Waals surface area contributed by atoms with Gasteiger partial charge in [-0.2, -0.15) is 0 Å². The Hall–Kier alpha value is -3.08. The Morgan fingerprint density at radius 2 is 1.68 bits per heavy atom. The fourth-order valence-electron chi connectivity index (χ4n) is 3.44. The van der Waals surface area contributed by atoms with Crippen molar-refractivity contribution >= 4 is 17.4 Å². The Labute approximate surface area is 165 Å². The van der Waals surface area contributed by atoms with Crippen molar-refractivity contribution in [2.45, 2.75) is 33.7 Å². The van der Waals surface area contributed by atoms with Crippen LogP contribution < -0.4 is 9.64 Å². The van der Waals surface area contributed by atoms with E-state index >= 15 is 0 Å². The summed E-state index contributed by atoms with van der Waals surface area (Å²) in [5.41, 5.74) is 1.74. The molecule has 1 aliphatic heterocycles. The predicted octanol–water partition coefficient (Wildman–Crippen LogP) is 4.52. The van der Waals surface area contributed by atoms with Crippen LogP contribution in [0.3, 0.4) is 0 Å². The van der Waals surface area contributed by atoms with E-state index in [0.29, 0.717) is 11.4 Å². The summed E-state index contributed by atoms with van der Waals surface area (Å²) in [6.45, 7) is 7.28. The Balaban J connectivity index is 2.21. The van der Waals surface area contributed by atoms with Gasteiger partial charge < -0.3 is 9.84 Å². The van der Waals surface area contributed by atoms with E-state index in [0.717, 1.165) is 11.1 Å². The molecule has 0 radical (unpaired) electrons. The topological polar surface area (TPSA) is 66.8 Å². The molecule has 1 aliphatic rings. The van der Waals surface area contributed by atoms with Crippen LogP contribution in [0, 0.1) is 12.3 Å². The molecule has 0 saturated carbocycles. The highest BCUT2D eigenvalue weighted by Crippen LogP contribution is 2.44. The molecule has 5 heteroatoms. The molecule has 1 amide bonds. The minimum absolute atomic E-state index is 0.141. The highest BCUT2D eigenvalue weighted by Gasteiger charge is 2.47. The molecule has 0 bridgehead atoms. The first-order valence-electron chi connectivity index (χ1n) is 9.18. The van der Waals surface area contributed by atoms with Crippen molar-refractivity contribution in [2.24, 2.45) is 5.41 Å². The second-order valence-electron chi connectivity index (χ2n) is 7.97. The minimum Gasteiger partial charge on any atom is -0.503 e. The Morgan fingerprint density at radius 1 is 1.07 bits per heavy atom. The Morgan fingerprint density at radius 3 is 2.21 bits per heavy atom. The van der Waals surface area contributed by atoms with Gasteiger partial charge in [-0.25, -0.2) is 0 Å². The fraction of sp³-hybridized carbons (Fsp3) is 0.304. The zero-order valence-electron chi connectivity index (χ0n) is 16.8. The van der Waals surface area contributed by atoms with Gasteiger partial charge in [0.15, 0.2) is 11.5 Å². The summed E-state index contributed by atoms with van der Waals surface area (Å²) in [5.74, 6) is -0.649. The van der Waals surface area contributed by atoms with E-state index in [2.05, 4.69) is 0 Å². The van der Waals surface area contributed by atoms with Gasteiger partial charge in [0.1, 0.15) is 5.75 Å². The normalized spacial score (nSPS) is 17.2. The van der Waals surface area contributed by atoms with E-state index in [1.807, 2.05) is 31.2 Å². The van der Waals surface area contributed by atoms with E-state index in [9.17, 15) is 14.7 Å². The molecule has 1 atom stereocenters. The van der Waals surface area contributed by atoms with Gasteiger partial charge in [-0.15, -0.1) is 0 Å². The summed E-state index contributed by atoms with van der Waals surface area (Å²) in [6.07, 6.45) is 0. The third kappa shape index (κ3) is 3.28. The third-order valence-electron chi connectivity index (χ3n) is 4.97. The largest absolute Gasteiger partial charge is 0.503 e. The van der Waals surface area contributed by atoms with E-state index in [4.69, 9.17) is 4.74 Å². The lowest BCUT2D eigenvalue weighted by Crippen LogP contribution is -2.33. The molecular weight excluding hydrogens is 354 g/mol. The minimum atomic E-state index is -0.736. The lowest BCUT2D eigenvalue weighted by molar-refractivity contribution is -0.123. The van der Waals surface area contributed by atoms with Crippen molar-refractivity contribution in [3.63, 3.8) is 0 Å². The maximum absolute atomic E-state index is 13.2. The van der Waals surface area contributed by atoms with E-state index < -0.39 is 23.1 Å². The van der Waals surface area contributed by atoms with Crippen molar-refractivity contribution in [1.29, 1.82) is 0 Å². The van der Waals surface area contributed by atoms with Crippen molar-refractivity contribution < 1.29 is 19.4 Å². The summed E-state index contributed by atoms with van der Waals surface area (Å²) >= 11 is 0. The molecule has 1 N–H and O–H groups in total. The number of hydrogen-bond acceptors (Lipinski definition) is 4. The van der Waals surface area contributed by atoms with Gasteiger partial charge in [-0.1, -0.05) is 45.0 Å². The lowest BCUT2D eigenvalue weighted by atomic mass is 9.81. The molecular formula is C23H25NO4. The molecule has 1 unspecified atom stereocenters. The first-order valence-corrected chi connectivity index (χ1v) is 9.18. The van der Waals surface area contributed by atoms with Gasteiger partial charge in [0, 0.05) is 11.1 Å². The third-order valence-corrected chi connectivity index (χ3v) is 4.97. The first kappa shape index (κ1) is 19.7. The van der Waals surface area contributed by atoms with Crippen LogP contribution in [-0.4, -0.2) is 23.9 Å². The number of amides is 1. The van der Waals surface area contributed by atoms with Crippen LogP contribution in [0.2, 0.25) is 0 Å². The number of methoxy groups -OCH3 is 1. The number of aliphatic hydroxyl groups excluding tert-OH is 1. The number of carbonyl (C=O) groups is 2. The summed E-state index contributed by atoms with van der Waals surface area (Å²) in [7, 11) is 1.57. The average molecular weight is 379 g/mol. The van der Waals surface area contributed by atoms with E-state index in [1.165, 1.54) is 4.90 Å². The van der Waals surface area contributed by atoms with Crippen molar-refractivity contribution in [3.05, 3.63) is 71.0 Å². The lowest BCUT2D eigenvalue weighted by Gasteiger charge is -2.30. The van der Waals surface area contributed by atoms with Crippen molar-refractivity contribution in [3.8, 4) is 5.75 Å². The maximum Gasteiger partial charge on any atom is 0.294 e. The number of ether oxygens (including phenoxy) is 1. The Kier molecular flexibility index (Phi) is 5.02. The fourth-order valence-corrected chi connectivity index (χ4v) is 3.44. The monoisotopic (exact) mass is 379 g/mol. The standard InChI is InChI=1S/C23H25NO4/c1-14-8-6-7-9-17(14)19-18(21(26)23(2,3)4)20(25)22(27)24(19)15-10-12-16(28-5)13-11-15/h6-13,19,25H,1-5H3. The van der Waals surface area contributed by atoms with Gasteiger partial charge in [0.2, 0.25) is 0 Å². The number of Topliss-reactive ketones (excluding diaryl/α,β-unsaturated/α-hetero) is 1. The molecule has 5 nitrogen and oxygen atoms in total. The van der Waals surface area contributed by atoms with Gasteiger partial charge in [0.05, 0.1) is 18.7 Å². The van der Waals surface area contributed by atoms with Crippen molar-refractivity contribution in [1.82, 2.24) is 0 Å². The molecule has 1 heterocycles. The molecule has 0 aromatic heterocycles. The average Bonchev–Trinajstić information content (AvgIpc) is 2.92. The van der Waals surface area contributed by atoms with Crippen molar-refractivity contribution in [2.75, 3.05) is 12.0 Å². The summed E-state index contributed by atoms with van der Waals surface area (Å²) in [4.78, 5) is 27.7. The molecule has 0 saturated heterocycles. The predicted molar refractivity (Wildman–Crippen MR) is 109 cm³/mol. The number of benzene rings is 2. The number of aryl methyl sites for hydroxylation is 1. The van der Waals surface area contributed by atoms with Crippen LogP contribution in [0.4, 0.5) is 5.69 Å². The highest BCUT2D eigenvalue weighted by atomic mass is 16.5. The quantitative estimate of drug-likeness (QED) is 0.848. The van der Waals surface area contributed by atoms with Gasteiger partial charge in [-0.05, 0) is 42.3 Å². The number of nitrogens with zero attached hydrogens (tertiary/aromatic N) is 1. The first-order chi connectivity index (χ1) is 13.2. The molecule has 3 rings (SSSR count). The van der Waals surface area contributed by atoms with Gasteiger partial charge in [0.25, 0.3) is 5.91 Å². The van der Waals surface area contributed by atoms with E-state index in [1.54, 1.807) is 52.1 Å². The Bertz CT molecular complexity index is 951. The molecule has 0 spiro atoms. The molecule has 146 valence electrons. The van der Waals surface area contributed by atoms with Crippen LogP contribution in [0.5, 0.6) is 5.75 Å². The second-order valence-corrected chi connectivity index (χ2v) is 7.97. The van der Waals surface area contributed by atoms with Crippen LogP contribution in [-0.2, 0) is 9.59 Å². The smallest absolute Gasteiger partial charge is 0.294 e. The molecule has 0 fully saturated rings. The number of aliphatic hydroxyl groups is 1. The number of hydrogen-bond donors (Lipinski definition) is 1. The number of carbonyl (C=O) groups excluding carboxylic acids is 2. The van der Waals surface area contributed by atoms with Gasteiger partial charge >= 0.3 is 0 Å². The summed E-state index contributed by atoms with van der Waals surface area (Å²) in [5, 5.41) is 10.7. The number of rotatable bonds is 4. The second kappa shape index (κ2) is 7.15. The molecule has 0 aliphatic carbocycles. The van der Waals surface area contributed by atoms with E-state index in [-0.39, 0.29) is 11.4 Å². The number of anilines is 1. The summed E-state index contributed by atoms with van der Waals surface area (Å²) in [6, 6.07) is 13.9. The summed E-state index contributed by atoms with van der Waals surface area (Å²) < 4.78 is 5.20. The highest BCUT2D eigenvalue weighted by molar-refractivity contribution is 6.17. The molecule has 2 aromatic rings. The van der Waals surface area contributed by atoms with Crippen LogP contribution in [0.1, 0.15) is 37.9 Å². The molecule has 28 heavy (non-hydrogen) atoms. The zero-order valence-corrected chi connectivity index (χ0v) is 16.8.